The molecule has 0 saturated heterocycles. The Balaban J connectivity index is 2.10. The Morgan fingerprint density at radius 2 is 1.62 bits per heavy atom. The summed E-state index contributed by atoms with van der Waals surface area (Å²) in [5.74, 6) is -2.86. The van der Waals surface area contributed by atoms with Gasteiger partial charge in [0.1, 0.15) is 36.3 Å². The summed E-state index contributed by atoms with van der Waals surface area (Å²) in [6, 6.07) is 4.17. The van der Waals surface area contributed by atoms with Crippen molar-refractivity contribution in [2.24, 2.45) is 0 Å². The van der Waals surface area contributed by atoms with Gasteiger partial charge in [-0.3, -0.25) is 0 Å². The zero-order valence-electron chi connectivity index (χ0n) is 16.4. The van der Waals surface area contributed by atoms with Gasteiger partial charge >= 0.3 is 12.1 Å². The van der Waals surface area contributed by atoms with Gasteiger partial charge in [-0.25, -0.2) is 27.2 Å². The number of alkyl halides is 4. The fourth-order valence-electron chi connectivity index (χ4n) is 3.23. The average Bonchev–Trinajstić information content (AvgIpc) is 2.59. The lowest BCUT2D eigenvalue weighted by atomic mass is 9.79. The van der Waals surface area contributed by atoms with Crippen molar-refractivity contribution in [2.75, 3.05) is 0 Å². The van der Waals surface area contributed by atoms with E-state index >= 15 is 0 Å². The summed E-state index contributed by atoms with van der Waals surface area (Å²) in [5, 5.41) is 11.6. The number of ether oxygens (including phenoxy) is 1. The van der Waals surface area contributed by atoms with Gasteiger partial charge in [-0.2, -0.15) is 0 Å². The van der Waals surface area contributed by atoms with Gasteiger partial charge in [-0.15, -0.1) is 0 Å². The second kappa shape index (κ2) is 9.00. The molecule has 162 valence electrons. The number of carbonyl (C=O) groups excluding carboxylic acids is 1. The standard InChI is InChI=1S/C20H25F4NO4/c1-20(2,3)29-19(28)25-14(18(26)27)8-10-4-6-11(7-5-10)15-16(23)12(21)9-13(22)17(15)24/h4-7,12-17H,8-9H2,1-3H3,(H,25,28)(H,26,27)/t12-,13+,14-,15?,16-,17+/m0/s1. The van der Waals surface area contributed by atoms with Crippen LogP contribution in [0.2, 0.25) is 0 Å². The second-order valence-corrected chi connectivity index (χ2v) is 8.17. The molecule has 0 heterocycles. The van der Waals surface area contributed by atoms with Gasteiger partial charge in [0.2, 0.25) is 0 Å². The minimum absolute atomic E-state index is 0.0886. The van der Waals surface area contributed by atoms with Crippen molar-refractivity contribution in [3.8, 4) is 0 Å². The molecule has 9 heteroatoms. The molecule has 6 atom stereocenters. The molecule has 0 radical (unpaired) electrons. The highest BCUT2D eigenvalue weighted by Gasteiger charge is 2.47. The number of aliphatic carboxylic acids is 1. The maximum absolute atomic E-state index is 14.1. The molecule has 1 aromatic carbocycles. The molecule has 2 rings (SSSR count). The van der Waals surface area contributed by atoms with Crippen molar-refractivity contribution in [1.29, 1.82) is 0 Å². The van der Waals surface area contributed by atoms with Gasteiger partial charge in [0, 0.05) is 12.8 Å². The largest absolute Gasteiger partial charge is 0.480 e. The van der Waals surface area contributed by atoms with Crippen LogP contribution in [0.25, 0.3) is 0 Å². The van der Waals surface area contributed by atoms with E-state index in [9.17, 15) is 32.3 Å². The van der Waals surface area contributed by atoms with Gasteiger partial charge in [0.25, 0.3) is 0 Å². The van der Waals surface area contributed by atoms with Crippen LogP contribution in [0.1, 0.15) is 44.2 Å². The molecule has 1 aliphatic carbocycles. The second-order valence-electron chi connectivity index (χ2n) is 8.17. The molecular formula is C20H25F4NO4. The molecule has 2 N–H and O–H groups in total. The van der Waals surface area contributed by atoms with Gasteiger partial charge in [-0.05, 0) is 31.9 Å². The van der Waals surface area contributed by atoms with Crippen molar-refractivity contribution in [3.63, 3.8) is 0 Å². The summed E-state index contributed by atoms with van der Waals surface area (Å²) >= 11 is 0. The Morgan fingerprint density at radius 1 is 1.10 bits per heavy atom. The van der Waals surface area contributed by atoms with Crippen LogP contribution < -0.4 is 5.32 Å². The van der Waals surface area contributed by atoms with E-state index < -0.39 is 60.7 Å². The van der Waals surface area contributed by atoms with Gasteiger partial charge in [0.15, 0.2) is 0 Å². The Hall–Kier alpha value is -2.32. The third-order valence-electron chi connectivity index (χ3n) is 4.62. The normalized spacial score (nSPS) is 28.4. The predicted molar refractivity (Wildman–Crippen MR) is 97.9 cm³/mol. The number of alkyl carbamates (subject to hydrolysis) is 1. The number of nitrogens with one attached hydrogen (secondary N) is 1. The highest BCUT2D eigenvalue weighted by Crippen LogP contribution is 2.40. The van der Waals surface area contributed by atoms with Crippen LogP contribution in [-0.2, 0) is 16.0 Å². The van der Waals surface area contributed by atoms with Crippen molar-refractivity contribution >= 4 is 12.1 Å². The Kier molecular flexibility index (Phi) is 7.13. The van der Waals surface area contributed by atoms with Crippen LogP contribution in [0.4, 0.5) is 22.4 Å². The Morgan fingerprint density at radius 3 is 2.07 bits per heavy atom. The number of carboxylic acids is 1. The molecule has 0 bridgehead atoms. The lowest BCUT2D eigenvalue weighted by molar-refractivity contribution is -0.139. The number of benzene rings is 1. The summed E-state index contributed by atoms with van der Waals surface area (Å²) in [6.45, 7) is 4.89. The van der Waals surface area contributed by atoms with E-state index in [-0.39, 0.29) is 12.0 Å². The molecule has 1 aliphatic rings. The summed E-state index contributed by atoms with van der Waals surface area (Å²) in [5.41, 5.74) is -0.262. The van der Waals surface area contributed by atoms with E-state index in [4.69, 9.17) is 4.74 Å². The maximum Gasteiger partial charge on any atom is 0.408 e. The molecule has 29 heavy (non-hydrogen) atoms. The summed E-state index contributed by atoms with van der Waals surface area (Å²) < 4.78 is 60.5. The smallest absolute Gasteiger partial charge is 0.408 e. The molecule has 0 aromatic heterocycles. The first-order valence-electron chi connectivity index (χ1n) is 9.26. The number of hydrogen-bond donors (Lipinski definition) is 2. The van der Waals surface area contributed by atoms with Gasteiger partial charge in [0.05, 0.1) is 5.92 Å². The first-order valence-corrected chi connectivity index (χ1v) is 9.26. The summed E-state index contributed by atoms with van der Waals surface area (Å²) in [6.07, 6.45) is -10.3. The van der Waals surface area contributed by atoms with E-state index in [2.05, 4.69) is 5.32 Å². The third-order valence-corrected chi connectivity index (χ3v) is 4.62. The first-order chi connectivity index (χ1) is 13.4. The molecule has 1 fully saturated rings. The van der Waals surface area contributed by atoms with Crippen LogP contribution >= 0.6 is 0 Å². The quantitative estimate of drug-likeness (QED) is 0.707. The third kappa shape index (κ3) is 6.08. The maximum atomic E-state index is 14.1. The molecule has 0 aliphatic heterocycles. The minimum Gasteiger partial charge on any atom is -0.480 e. The SMILES string of the molecule is CC(C)(C)OC(=O)N[C@@H](Cc1ccc(C2[C@@H](F)[C@@H](F)C[C@@H](F)[C@H]2F)cc1)C(=O)O. The van der Waals surface area contributed by atoms with Crippen LogP contribution in [0, 0.1) is 0 Å². The number of carboxylic acid groups (broad SMARTS) is 1. The molecular weight excluding hydrogens is 394 g/mol. The highest BCUT2D eigenvalue weighted by atomic mass is 19.2. The minimum atomic E-state index is -2.16. The molecule has 1 unspecified atom stereocenters. The van der Waals surface area contributed by atoms with Crippen molar-refractivity contribution in [1.82, 2.24) is 5.32 Å². The van der Waals surface area contributed by atoms with Crippen LogP contribution in [0.5, 0.6) is 0 Å². The van der Waals surface area contributed by atoms with Gasteiger partial charge < -0.3 is 15.2 Å². The number of amides is 1. The number of hydrogen-bond acceptors (Lipinski definition) is 3. The highest BCUT2D eigenvalue weighted by molar-refractivity contribution is 5.80. The van der Waals surface area contributed by atoms with E-state index in [1.807, 2.05) is 0 Å². The molecule has 5 nitrogen and oxygen atoms in total. The fraction of sp³-hybridized carbons (Fsp3) is 0.600. The van der Waals surface area contributed by atoms with Crippen molar-refractivity contribution in [3.05, 3.63) is 35.4 Å². The Labute approximate surface area is 166 Å². The van der Waals surface area contributed by atoms with Crippen molar-refractivity contribution in [2.45, 2.75) is 75.9 Å². The average molecular weight is 419 g/mol. The number of carbonyl (C=O) groups is 2. The fourth-order valence-corrected chi connectivity index (χ4v) is 3.23. The zero-order chi connectivity index (χ0) is 21.9. The molecule has 1 saturated carbocycles. The molecule has 1 amide bonds. The zero-order valence-corrected chi connectivity index (χ0v) is 16.4. The lowest BCUT2D eigenvalue weighted by Crippen LogP contribution is -2.44. The topological polar surface area (TPSA) is 75.6 Å². The number of rotatable bonds is 5. The Bertz CT molecular complexity index is 708. The summed E-state index contributed by atoms with van der Waals surface area (Å²) in [7, 11) is 0. The van der Waals surface area contributed by atoms with Crippen molar-refractivity contribution < 1.29 is 37.0 Å². The monoisotopic (exact) mass is 419 g/mol. The first kappa shape index (κ1) is 23.0. The van der Waals surface area contributed by atoms with Crippen LogP contribution in [0.3, 0.4) is 0 Å². The van der Waals surface area contributed by atoms with E-state index in [0.29, 0.717) is 5.56 Å². The van der Waals surface area contributed by atoms with Gasteiger partial charge in [-0.1, -0.05) is 24.3 Å². The van der Waals surface area contributed by atoms with E-state index in [1.54, 1.807) is 20.8 Å². The van der Waals surface area contributed by atoms with E-state index in [0.717, 1.165) is 0 Å². The van der Waals surface area contributed by atoms with Crippen LogP contribution in [-0.4, -0.2) is 53.5 Å². The molecule has 0 spiro atoms. The van der Waals surface area contributed by atoms with E-state index in [1.165, 1.54) is 24.3 Å². The number of halogens is 4. The molecule has 1 aromatic rings. The summed E-state index contributed by atoms with van der Waals surface area (Å²) in [4.78, 5) is 23.2. The lowest BCUT2D eigenvalue weighted by Gasteiger charge is -2.34. The van der Waals surface area contributed by atoms with Crippen LogP contribution in [0.15, 0.2) is 24.3 Å². The predicted octanol–water partition coefficient (Wildman–Crippen LogP) is 4.05.